The van der Waals surface area contributed by atoms with Gasteiger partial charge in [0, 0.05) is 6.42 Å². The van der Waals surface area contributed by atoms with Crippen molar-refractivity contribution in [3.05, 3.63) is 59.5 Å². The van der Waals surface area contributed by atoms with Crippen molar-refractivity contribution in [3.8, 4) is 0 Å². The minimum atomic E-state index is -0.269. The zero-order valence-corrected chi connectivity index (χ0v) is 11.8. The molecular weight excluding hydrogens is 252 g/mol. The number of ether oxygens (including phenoxy) is 1. The van der Waals surface area contributed by atoms with Gasteiger partial charge in [-0.2, -0.15) is 0 Å². The number of carbonyl (C=O) groups is 1. The zero-order valence-electron chi connectivity index (χ0n) is 11.8. The van der Waals surface area contributed by atoms with Crippen molar-refractivity contribution in [2.45, 2.75) is 32.1 Å². The minimum Gasteiger partial charge on any atom is -0.469 e. The molecule has 1 heterocycles. The van der Waals surface area contributed by atoms with E-state index in [0.29, 0.717) is 5.76 Å². The molecule has 0 aliphatic rings. The number of carbonyl (C=O) groups excluding carboxylic acids is 1. The fraction of sp³-hybridized carbons (Fsp3) is 0.353. The molecule has 1 aromatic heterocycles. The summed E-state index contributed by atoms with van der Waals surface area (Å²) in [6.45, 7) is 0. The third kappa shape index (κ3) is 4.57. The maximum absolute atomic E-state index is 11.1. The van der Waals surface area contributed by atoms with Gasteiger partial charge >= 0.3 is 5.97 Å². The van der Waals surface area contributed by atoms with Crippen LogP contribution in [-0.4, -0.2) is 13.1 Å². The largest absolute Gasteiger partial charge is 0.469 e. The predicted molar refractivity (Wildman–Crippen MR) is 77.5 cm³/mol. The predicted octanol–water partition coefficient (Wildman–Crippen LogP) is 3.56. The van der Waals surface area contributed by atoms with Crippen LogP contribution < -0.4 is 0 Å². The second-order valence-corrected chi connectivity index (χ2v) is 4.81. The molecule has 0 saturated heterocycles. The highest BCUT2D eigenvalue weighted by Gasteiger charge is 2.07. The number of aryl methyl sites for hydroxylation is 2. The maximum atomic E-state index is 11.1. The molecule has 2 aromatic rings. The second-order valence-electron chi connectivity index (χ2n) is 4.81. The van der Waals surface area contributed by atoms with Crippen LogP contribution in [0, 0.1) is 0 Å². The van der Waals surface area contributed by atoms with Crippen molar-refractivity contribution >= 4 is 5.97 Å². The van der Waals surface area contributed by atoms with Gasteiger partial charge in [0.25, 0.3) is 0 Å². The highest BCUT2D eigenvalue weighted by atomic mass is 16.5. The molecule has 20 heavy (non-hydrogen) atoms. The molecule has 0 fully saturated rings. The fourth-order valence-corrected chi connectivity index (χ4v) is 2.14. The Hall–Kier alpha value is -2.03. The number of rotatable bonds is 7. The smallest absolute Gasteiger partial charge is 0.313 e. The van der Waals surface area contributed by atoms with Crippen LogP contribution in [0.25, 0.3) is 0 Å². The number of hydrogen-bond acceptors (Lipinski definition) is 3. The number of esters is 1. The Morgan fingerprint density at radius 1 is 1.00 bits per heavy atom. The van der Waals surface area contributed by atoms with E-state index in [4.69, 9.17) is 4.42 Å². The second kappa shape index (κ2) is 7.53. The van der Waals surface area contributed by atoms with Crippen LogP contribution in [0.2, 0.25) is 0 Å². The lowest BCUT2D eigenvalue weighted by molar-refractivity contribution is -0.140. The average Bonchev–Trinajstić information content (AvgIpc) is 2.92. The fourth-order valence-electron chi connectivity index (χ4n) is 2.14. The lowest BCUT2D eigenvalue weighted by Gasteiger charge is -2.00. The summed E-state index contributed by atoms with van der Waals surface area (Å²) in [5.74, 6) is 1.35. The van der Waals surface area contributed by atoms with Gasteiger partial charge in [0.15, 0.2) is 0 Å². The van der Waals surface area contributed by atoms with E-state index in [-0.39, 0.29) is 12.4 Å². The van der Waals surface area contributed by atoms with E-state index in [2.05, 4.69) is 29.0 Å². The summed E-state index contributed by atoms with van der Waals surface area (Å²) in [6.07, 6.45) is 4.43. The van der Waals surface area contributed by atoms with Crippen LogP contribution in [-0.2, 0) is 28.8 Å². The Balaban J connectivity index is 1.70. The standard InChI is InChI=1S/C17H20O3/c1-19-17(18)13-16-12-11-15(20-16)10-6-5-9-14-7-3-2-4-8-14/h2-4,7-8,11-12H,5-6,9-10,13H2,1H3. The van der Waals surface area contributed by atoms with Crippen LogP contribution >= 0.6 is 0 Å². The van der Waals surface area contributed by atoms with Crippen molar-refractivity contribution in [2.75, 3.05) is 7.11 Å². The molecule has 0 aliphatic carbocycles. The number of methoxy groups -OCH3 is 1. The maximum Gasteiger partial charge on any atom is 0.313 e. The summed E-state index contributed by atoms with van der Waals surface area (Å²) in [5.41, 5.74) is 1.37. The van der Waals surface area contributed by atoms with E-state index >= 15 is 0 Å². The monoisotopic (exact) mass is 272 g/mol. The molecule has 2 rings (SSSR count). The molecule has 0 aliphatic heterocycles. The van der Waals surface area contributed by atoms with E-state index < -0.39 is 0 Å². The van der Waals surface area contributed by atoms with Gasteiger partial charge in [0.05, 0.1) is 7.11 Å². The first-order valence-corrected chi connectivity index (χ1v) is 6.96. The molecule has 0 spiro atoms. The number of furan rings is 1. The van der Waals surface area contributed by atoms with Gasteiger partial charge in [0.1, 0.15) is 17.9 Å². The SMILES string of the molecule is COC(=O)Cc1ccc(CCCCc2ccccc2)o1. The van der Waals surface area contributed by atoms with Gasteiger partial charge in [-0.25, -0.2) is 0 Å². The minimum absolute atomic E-state index is 0.209. The summed E-state index contributed by atoms with van der Waals surface area (Å²) in [7, 11) is 1.38. The van der Waals surface area contributed by atoms with E-state index in [1.54, 1.807) is 0 Å². The van der Waals surface area contributed by atoms with Crippen LogP contribution in [0.3, 0.4) is 0 Å². The molecular formula is C17H20O3. The highest BCUT2D eigenvalue weighted by molar-refractivity contribution is 5.71. The van der Waals surface area contributed by atoms with Crippen LogP contribution in [0.15, 0.2) is 46.9 Å². The Morgan fingerprint density at radius 2 is 1.70 bits per heavy atom. The topological polar surface area (TPSA) is 39.4 Å². The Morgan fingerprint density at radius 3 is 2.45 bits per heavy atom. The van der Waals surface area contributed by atoms with Gasteiger partial charge in [-0.05, 0) is 37.0 Å². The first kappa shape index (κ1) is 14.4. The van der Waals surface area contributed by atoms with Crippen molar-refractivity contribution in [3.63, 3.8) is 0 Å². The first-order valence-electron chi connectivity index (χ1n) is 6.96. The first-order chi connectivity index (χ1) is 9.78. The van der Waals surface area contributed by atoms with Gasteiger partial charge in [-0.3, -0.25) is 4.79 Å². The van der Waals surface area contributed by atoms with E-state index in [0.717, 1.165) is 31.4 Å². The van der Waals surface area contributed by atoms with Crippen LogP contribution in [0.5, 0.6) is 0 Å². The molecule has 0 bridgehead atoms. The molecule has 0 unspecified atom stereocenters. The lowest BCUT2D eigenvalue weighted by Crippen LogP contribution is -2.03. The number of hydrogen-bond donors (Lipinski definition) is 0. The summed E-state index contributed by atoms with van der Waals surface area (Å²) < 4.78 is 10.2. The number of benzene rings is 1. The zero-order chi connectivity index (χ0) is 14.2. The number of unbranched alkanes of at least 4 members (excludes halogenated alkanes) is 1. The van der Waals surface area contributed by atoms with Gasteiger partial charge in [-0.15, -0.1) is 0 Å². The molecule has 1 aromatic carbocycles. The summed E-state index contributed by atoms with van der Waals surface area (Å²) in [5, 5.41) is 0. The molecule has 0 amide bonds. The molecule has 0 N–H and O–H groups in total. The third-order valence-corrected chi connectivity index (χ3v) is 3.24. The Kier molecular flexibility index (Phi) is 5.42. The Labute approximate surface area is 119 Å². The van der Waals surface area contributed by atoms with Crippen molar-refractivity contribution in [2.24, 2.45) is 0 Å². The van der Waals surface area contributed by atoms with Crippen molar-refractivity contribution in [1.82, 2.24) is 0 Å². The lowest BCUT2D eigenvalue weighted by atomic mass is 10.1. The Bertz CT molecular complexity index is 528. The highest BCUT2D eigenvalue weighted by Crippen LogP contribution is 2.13. The van der Waals surface area contributed by atoms with Gasteiger partial charge in [0.2, 0.25) is 0 Å². The van der Waals surface area contributed by atoms with E-state index in [1.807, 2.05) is 18.2 Å². The van der Waals surface area contributed by atoms with E-state index in [9.17, 15) is 4.79 Å². The normalized spacial score (nSPS) is 10.4. The molecule has 3 heteroatoms. The molecule has 0 saturated carbocycles. The molecule has 3 nitrogen and oxygen atoms in total. The van der Waals surface area contributed by atoms with Gasteiger partial charge < -0.3 is 9.15 Å². The summed E-state index contributed by atoms with van der Waals surface area (Å²) in [6, 6.07) is 14.3. The van der Waals surface area contributed by atoms with Crippen molar-refractivity contribution in [1.29, 1.82) is 0 Å². The molecule has 106 valence electrons. The average molecular weight is 272 g/mol. The summed E-state index contributed by atoms with van der Waals surface area (Å²) >= 11 is 0. The third-order valence-electron chi connectivity index (χ3n) is 3.24. The van der Waals surface area contributed by atoms with Gasteiger partial charge in [-0.1, -0.05) is 30.3 Å². The van der Waals surface area contributed by atoms with Crippen LogP contribution in [0.1, 0.15) is 29.9 Å². The summed E-state index contributed by atoms with van der Waals surface area (Å²) in [4.78, 5) is 11.1. The van der Waals surface area contributed by atoms with Crippen molar-refractivity contribution < 1.29 is 13.9 Å². The quantitative estimate of drug-likeness (QED) is 0.571. The molecule has 0 radical (unpaired) electrons. The molecule has 0 atom stereocenters. The van der Waals surface area contributed by atoms with Crippen LogP contribution in [0.4, 0.5) is 0 Å². The van der Waals surface area contributed by atoms with E-state index in [1.165, 1.54) is 12.7 Å².